The number of benzene rings is 1. The second-order valence-electron chi connectivity index (χ2n) is 2.22. The molecule has 3 heteroatoms. The van der Waals surface area contributed by atoms with E-state index in [0.29, 0.717) is 5.56 Å². The molecule has 0 heterocycles. The van der Waals surface area contributed by atoms with Crippen LogP contribution >= 0.6 is 11.6 Å². The van der Waals surface area contributed by atoms with Crippen molar-refractivity contribution in [2.75, 3.05) is 14.2 Å². The SMILES string of the molecule is COC(Cl)(OC)c1[c]cccc1. The Morgan fingerprint density at radius 2 is 2.00 bits per heavy atom. The highest BCUT2D eigenvalue weighted by atomic mass is 35.5. The summed E-state index contributed by atoms with van der Waals surface area (Å²) in [6.07, 6.45) is 0. The van der Waals surface area contributed by atoms with E-state index in [4.69, 9.17) is 21.1 Å². The van der Waals surface area contributed by atoms with Gasteiger partial charge in [0.1, 0.15) is 0 Å². The minimum atomic E-state index is -1.21. The lowest BCUT2D eigenvalue weighted by molar-refractivity contribution is -0.148. The molecule has 0 saturated carbocycles. The third-order valence-corrected chi connectivity index (χ3v) is 2.07. The zero-order chi connectivity index (χ0) is 9.03. The van der Waals surface area contributed by atoms with Gasteiger partial charge in [0, 0.05) is 19.8 Å². The van der Waals surface area contributed by atoms with Crippen molar-refractivity contribution >= 4 is 11.6 Å². The topological polar surface area (TPSA) is 18.5 Å². The van der Waals surface area contributed by atoms with E-state index in [2.05, 4.69) is 6.07 Å². The number of rotatable bonds is 3. The van der Waals surface area contributed by atoms with Gasteiger partial charge >= 0.3 is 0 Å². The van der Waals surface area contributed by atoms with Crippen LogP contribution < -0.4 is 0 Å². The molecule has 1 aromatic rings. The maximum Gasteiger partial charge on any atom is 0.276 e. The minimum absolute atomic E-state index is 0.664. The predicted octanol–water partition coefficient (Wildman–Crippen LogP) is 2.13. The van der Waals surface area contributed by atoms with Crippen molar-refractivity contribution in [1.82, 2.24) is 0 Å². The van der Waals surface area contributed by atoms with E-state index in [0.717, 1.165) is 0 Å². The molecule has 0 fully saturated rings. The lowest BCUT2D eigenvalue weighted by atomic mass is 10.2. The van der Waals surface area contributed by atoms with Crippen molar-refractivity contribution in [2.24, 2.45) is 0 Å². The monoisotopic (exact) mass is 185 g/mol. The predicted molar refractivity (Wildman–Crippen MR) is 46.8 cm³/mol. The van der Waals surface area contributed by atoms with E-state index in [1.54, 1.807) is 12.1 Å². The Morgan fingerprint density at radius 3 is 2.42 bits per heavy atom. The summed E-state index contributed by atoms with van der Waals surface area (Å²) in [7, 11) is 2.97. The lowest BCUT2D eigenvalue weighted by Gasteiger charge is -2.23. The molecule has 12 heavy (non-hydrogen) atoms. The van der Waals surface area contributed by atoms with Crippen molar-refractivity contribution in [3.8, 4) is 0 Å². The molecule has 1 radical (unpaired) electrons. The molecule has 0 N–H and O–H groups in total. The molecule has 0 aliphatic carbocycles. The average molecular weight is 186 g/mol. The Morgan fingerprint density at radius 1 is 1.33 bits per heavy atom. The number of alkyl halides is 1. The Hall–Kier alpha value is -0.570. The fourth-order valence-electron chi connectivity index (χ4n) is 0.882. The molecule has 0 spiro atoms. The van der Waals surface area contributed by atoms with Gasteiger partial charge in [0.2, 0.25) is 0 Å². The highest BCUT2D eigenvalue weighted by Crippen LogP contribution is 2.29. The summed E-state index contributed by atoms with van der Waals surface area (Å²) < 4.78 is 9.97. The molecule has 0 aromatic heterocycles. The second-order valence-corrected chi connectivity index (χ2v) is 2.72. The molecule has 2 nitrogen and oxygen atoms in total. The summed E-state index contributed by atoms with van der Waals surface area (Å²) >= 11 is 5.96. The maximum absolute atomic E-state index is 5.96. The molecule has 0 bridgehead atoms. The van der Waals surface area contributed by atoms with E-state index in [1.165, 1.54) is 14.2 Å². The van der Waals surface area contributed by atoms with Gasteiger partial charge in [0.05, 0.1) is 0 Å². The second kappa shape index (κ2) is 3.90. The molecule has 0 aliphatic heterocycles. The summed E-state index contributed by atoms with van der Waals surface area (Å²) in [5.41, 5.74) is 0.664. The Kier molecular flexibility index (Phi) is 3.09. The van der Waals surface area contributed by atoms with Gasteiger partial charge in [-0.2, -0.15) is 0 Å². The fraction of sp³-hybridized carbons (Fsp3) is 0.333. The van der Waals surface area contributed by atoms with Crippen molar-refractivity contribution in [3.05, 3.63) is 35.9 Å². The molecule has 0 unspecified atom stereocenters. The van der Waals surface area contributed by atoms with Gasteiger partial charge in [-0.1, -0.05) is 35.9 Å². The van der Waals surface area contributed by atoms with Crippen LogP contribution in [0.4, 0.5) is 0 Å². The zero-order valence-electron chi connectivity index (χ0n) is 7.00. The Bertz CT molecular complexity index is 232. The van der Waals surface area contributed by atoms with Crippen molar-refractivity contribution in [3.63, 3.8) is 0 Å². The van der Waals surface area contributed by atoms with Crippen LogP contribution in [0.25, 0.3) is 0 Å². The van der Waals surface area contributed by atoms with Gasteiger partial charge in [-0.15, -0.1) is 0 Å². The van der Waals surface area contributed by atoms with Gasteiger partial charge in [-0.3, -0.25) is 0 Å². The molecule has 65 valence electrons. The van der Waals surface area contributed by atoms with Crippen LogP contribution in [0.1, 0.15) is 5.56 Å². The third kappa shape index (κ3) is 1.78. The molecule has 1 aromatic carbocycles. The summed E-state index contributed by atoms with van der Waals surface area (Å²) in [6, 6.07) is 10.2. The first-order valence-electron chi connectivity index (χ1n) is 3.49. The van der Waals surface area contributed by atoms with E-state index >= 15 is 0 Å². The van der Waals surface area contributed by atoms with Crippen LogP contribution in [0, 0.1) is 6.07 Å². The highest BCUT2D eigenvalue weighted by Gasteiger charge is 2.28. The summed E-state index contributed by atoms with van der Waals surface area (Å²) in [5.74, 6) is 0. The Balaban J connectivity index is 2.95. The van der Waals surface area contributed by atoms with Crippen LogP contribution in [-0.2, 0) is 14.7 Å². The normalized spacial score (nSPS) is 11.6. The van der Waals surface area contributed by atoms with Gasteiger partial charge in [0.15, 0.2) is 0 Å². The van der Waals surface area contributed by atoms with Crippen molar-refractivity contribution in [2.45, 2.75) is 5.25 Å². The molecule has 0 saturated heterocycles. The Labute approximate surface area is 77.1 Å². The highest BCUT2D eigenvalue weighted by molar-refractivity contribution is 6.22. The smallest absolute Gasteiger partial charge is 0.276 e. The molecular formula is C9H10ClO2. The van der Waals surface area contributed by atoms with Crippen molar-refractivity contribution < 1.29 is 9.47 Å². The van der Waals surface area contributed by atoms with Crippen LogP contribution in [0.3, 0.4) is 0 Å². The zero-order valence-corrected chi connectivity index (χ0v) is 7.76. The molecule has 0 amide bonds. The molecule has 0 aliphatic rings. The van der Waals surface area contributed by atoms with Crippen LogP contribution in [0.5, 0.6) is 0 Å². The molecular weight excluding hydrogens is 176 g/mol. The largest absolute Gasteiger partial charge is 0.337 e. The molecule has 0 atom stereocenters. The van der Waals surface area contributed by atoms with Crippen LogP contribution in [-0.4, -0.2) is 14.2 Å². The number of hydrogen-bond acceptors (Lipinski definition) is 2. The summed E-state index contributed by atoms with van der Waals surface area (Å²) in [5, 5.41) is -1.21. The average Bonchev–Trinajstić information content (AvgIpc) is 2.18. The van der Waals surface area contributed by atoms with E-state index in [-0.39, 0.29) is 0 Å². The van der Waals surface area contributed by atoms with Gasteiger partial charge in [0.25, 0.3) is 5.25 Å². The summed E-state index contributed by atoms with van der Waals surface area (Å²) in [4.78, 5) is 0. The van der Waals surface area contributed by atoms with E-state index in [9.17, 15) is 0 Å². The minimum Gasteiger partial charge on any atom is -0.337 e. The van der Waals surface area contributed by atoms with Crippen LogP contribution in [0.2, 0.25) is 0 Å². The molecule has 1 rings (SSSR count). The van der Waals surface area contributed by atoms with Crippen LogP contribution in [0.15, 0.2) is 24.3 Å². The first-order valence-corrected chi connectivity index (χ1v) is 3.87. The number of methoxy groups -OCH3 is 2. The number of halogens is 1. The van der Waals surface area contributed by atoms with Gasteiger partial charge in [-0.05, 0) is 6.07 Å². The lowest BCUT2D eigenvalue weighted by Crippen LogP contribution is -2.23. The summed E-state index contributed by atoms with van der Waals surface area (Å²) in [6.45, 7) is 0. The first kappa shape index (κ1) is 9.52. The third-order valence-electron chi connectivity index (χ3n) is 1.56. The standard InChI is InChI=1S/C9H10ClO2/c1-11-9(10,12-2)8-6-4-3-5-7-8/h3-6H,1-2H3. The van der Waals surface area contributed by atoms with Crippen molar-refractivity contribution in [1.29, 1.82) is 0 Å². The van der Waals surface area contributed by atoms with E-state index < -0.39 is 5.25 Å². The van der Waals surface area contributed by atoms with Gasteiger partial charge < -0.3 is 9.47 Å². The maximum atomic E-state index is 5.96. The fourth-order valence-corrected chi connectivity index (χ4v) is 1.000. The first-order chi connectivity index (χ1) is 5.73. The quantitative estimate of drug-likeness (QED) is 0.531. The number of hydrogen-bond donors (Lipinski definition) is 0. The van der Waals surface area contributed by atoms with E-state index in [1.807, 2.05) is 12.1 Å². The number of ether oxygens (including phenoxy) is 2. The van der Waals surface area contributed by atoms with Gasteiger partial charge in [-0.25, -0.2) is 0 Å².